The minimum Gasteiger partial charge on any atom is -0.391 e. The van der Waals surface area contributed by atoms with Crippen LogP contribution in [-0.4, -0.2) is 63.6 Å². The minimum atomic E-state index is -4.64. The predicted octanol–water partition coefficient (Wildman–Crippen LogP) is 5.24. The van der Waals surface area contributed by atoms with E-state index in [1.165, 1.54) is 83.5 Å². The topological polar surface area (TPSA) is 127 Å². The van der Waals surface area contributed by atoms with E-state index in [9.17, 15) is 9.90 Å². The predicted molar refractivity (Wildman–Crippen MR) is 140 cm³/mol. The van der Waals surface area contributed by atoms with E-state index < -0.39 is 7.82 Å². The van der Waals surface area contributed by atoms with Crippen molar-refractivity contribution in [2.24, 2.45) is 0 Å². The number of carbonyl (C=O) groups is 1. The molecule has 0 aliphatic carbocycles. The number of nitrogens with zero attached hydrogens (tertiary/aromatic N) is 1. The zero-order valence-corrected chi connectivity index (χ0v) is 23.4. The second-order valence-electron chi connectivity index (χ2n) is 9.93. The Labute approximate surface area is 209 Å². The molecule has 8 nitrogen and oxygen atoms in total. The number of hydrogen-bond donors (Lipinski definition) is 5. The largest absolute Gasteiger partial charge is 0.466 e. The second kappa shape index (κ2) is 22.9. The van der Waals surface area contributed by atoms with Gasteiger partial charge in [0.25, 0.3) is 0 Å². The highest BCUT2D eigenvalue weighted by Crippen LogP contribution is 2.25. The number of quaternary nitrogens is 1. The Morgan fingerprint density at radius 3 is 1.44 bits per heavy atom. The van der Waals surface area contributed by atoms with Crippen LogP contribution in [0.15, 0.2) is 0 Å². The van der Waals surface area contributed by atoms with Gasteiger partial charge in [0.2, 0.25) is 5.91 Å². The van der Waals surface area contributed by atoms with Crippen molar-refractivity contribution >= 4 is 13.7 Å². The summed E-state index contributed by atoms with van der Waals surface area (Å²) in [6.45, 7) is 5.19. The average molecular weight is 512 g/mol. The summed E-state index contributed by atoms with van der Waals surface area (Å²) >= 11 is 0. The number of rotatable bonds is 21. The second-order valence-corrected chi connectivity index (χ2v) is 11.0. The van der Waals surface area contributed by atoms with Crippen molar-refractivity contribution < 1.29 is 33.6 Å². The number of aliphatic hydroxyl groups excluding tert-OH is 1. The lowest BCUT2D eigenvalue weighted by atomic mass is 10.0. The summed E-state index contributed by atoms with van der Waals surface area (Å²) in [5, 5.41) is 12.4. The molecule has 0 heterocycles. The van der Waals surface area contributed by atoms with Crippen molar-refractivity contribution in [3.05, 3.63) is 0 Å². The normalized spacial score (nSPS) is 12.7. The third-order valence-electron chi connectivity index (χ3n) is 6.24. The van der Waals surface area contributed by atoms with Crippen LogP contribution in [0.1, 0.15) is 123 Å². The molecule has 0 rings (SSSR count). The molecule has 0 saturated heterocycles. The fraction of sp³-hybridized carbons (Fsp3) is 0.960. The highest BCUT2D eigenvalue weighted by Gasteiger charge is 2.27. The van der Waals surface area contributed by atoms with Gasteiger partial charge in [-0.2, -0.15) is 0 Å². The molecule has 0 aromatic carbocycles. The minimum absolute atomic E-state index is 0.0889. The number of likely N-dealkylation sites (N-methyl/N-ethyl adjacent to an activating group) is 1. The molecule has 0 aromatic heterocycles. The van der Waals surface area contributed by atoms with Gasteiger partial charge in [-0.15, -0.1) is 0 Å². The first-order chi connectivity index (χ1) is 16.0. The molecule has 0 aliphatic rings. The fourth-order valence-electron chi connectivity index (χ4n) is 4.10. The van der Waals surface area contributed by atoms with Gasteiger partial charge in [-0.3, -0.25) is 4.79 Å². The molecule has 0 aromatic rings. The van der Waals surface area contributed by atoms with Gasteiger partial charge >= 0.3 is 7.82 Å². The van der Waals surface area contributed by atoms with Crippen LogP contribution in [-0.2, 0) is 9.36 Å². The number of amides is 1. The summed E-state index contributed by atoms with van der Waals surface area (Å²) in [6, 6.07) is 0. The molecule has 0 bridgehead atoms. The SMILES string of the molecule is CCCCCCCCCCCCCCCCCC(=O)NC(CC)[N+](C)(C)CCO.O=P(O)(O)O. The maximum atomic E-state index is 12.2. The Morgan fingerprint density at radius 1 is 0.765 bits per heavy atom. The summed E-state index contributed by atoms with van der Waals surface area (Å²) in [7, 11) is -0.503. The van der Waals surface area contributed by atoms with Crippen LogP contribution in [0, 0.1) is 0 Å². The maximum absolute atomic E-state index is 12.2. The average Bonchev–Trinajstić information content (AvgIpc) is 2.73. The number of aliphatic hydroxyl groups is 1. The van der Waals surface area contributed by atoms with E-state index in [0.29, 0.717) is 17.4 Å². The van der Waals surface area contributed by atoms with E-state index in [-0.39, 0.29) is 18.7 Å². The molecule has 206 valence electrons. The smallest absolute Gasteiger partial charge is 0.391 e. The van der Waals surface area contributed by atoms with E-state index in [2.05, 4.69) is 33.3 Å². The van der Waals surface area contributed by atoms with Crippen LogP contribution in [0.2, 0.25) is 0 Å². The molecule has 0 fully saturated rings. The summed E-state index contributed by atoms with van der Waals surface area (Å²) in [6.07, 6.45) is 21.8. The molecule has 0 spiro atoms. The number of phosphoric acid groups is 1. The van der Waals surface area contributed by atoms with Gasteiger partial charge in [0.15, 0.2) is 6.17 Å². The Hall–Kier alpha value is -0.500. The van der Waals surface area contributed by atoms with Crippen LogP contribution < -0.4 is 5.32 Å². The maximum Gasteiger partial charge on any atom is 0.466 e. The standard InChI is InChI=1S/C25H52N2O2.H3O4P/c1-5-7-8-9-10-11-12-13-14-15-16-17-18-19-20-21-25(29)26-24(6-2)27(3,4)22-23-28;1-5(2,3)4/h24,28H,5-23H2,1-4H3;(H3,1,2,3,4)/p+1. The third kappa shape index (κ3) is 27.7. The molecule has 0 aliphatic heterocycles. The fourth-order valence-corrected chi connectivity index (χ4v) is 4.10. The number of unbranched alkanes of at least 4 members (excludes halogenated alkanes) is 14. The van der Waals surface area contributed by atoms with E-state index in [1.54, 1.807) is 0 Å². The van der Waals surface area contributed by atoms with E-state index in [1.807, 2.05) is 0 Å². The Kier molecular flexibility index (Phi) is 24.1. The number of hydrogen-bond acceptors (Lipinski definition) is 3. The summed E-state index contributed by atoms with van der Waals surface area (Å²) < 4.78 is 9.52. The van der Waals surface area contributed by atoms with Crippen molar-refractivity contribution in [1.82, 2.24) is 5.32 Å². The van der Waals surface area contributed by atoms with Crippen molar-refractivity contribution in [2.75, 3.05) is 27.2 Å². The van der Waals surface area contributed by atoms with Crippen molar-refractivity contribution in [2.45, 2.75) is 129 Å². The molecule has 0 saturated carbocycles. The van der Waals surface area contributed by atoms with Gasteiger partial charge in [0.1, 0.15) is 6.54 Å². The molecule has 34 heavy (non-hydrogen) atoms. The van der Waals surface area contributed by atoms with E-state index in [0.717, 1.165) is 19.3 Å². The van der Waals surface area contributed by atoms with Gasteiger partial charge in [-0.25, -0.2) is 4.57 Å². The van der Waals surface area contributed by atoms with Crippen LogP contribution in [0.5, 0.6) is 0 Å². The molecule has 1 atom stereocenters. The van der Waals surface area contributed by atoms with Crippen molar-refractivity contribution in [3.8, 4) is 0 Å². The monoisotopic (exact) mass is 511 g/mol. The molecule has 1 amide bonds. The summed E-state index contributed by atoms with van der Waals surface area (Å²) in [4.78, 5) is 33.8. The zero-order chi connectivity index (χ0) is 26.3. The Bertz CT molecular complexity index is 505. The summed E-state index contributed by atoms with van der Waals surface area (Å²) in [5.74, 6) is 0.163. The molecule has 9 heteroatoms. The van der Waals surface area contributed by atoms with Gasteiger partial charge in [-0.05, 0) is 6.42 Å². The van der Waals surface area contributed by atoms with Gasteiger partial charge in [0, 0.05) is 12.8 Å². The van der Waals surface area contributed by atoms with E-state index >= 15 is 0 Å². The van der Waals surface area contributed by atoms with Crippen molar-refractivity contribution in [1.29, 1.82) is 0 Å². The van der Waals surface area contributed by atoms with Crippen LogP contribution in [0.4, 0.5) is 0 Å². The van der Waals surface area contributed by atoms with Crippen LogP contribution in [0.3, 0.4) is 0 Å². The van der Waals surface area contributed by atoms with Crippen LogP contribution in [0.25, 0.3) is 0 Å². The first kappa shape index (κ1) is 35.7. The van der Waals surface area contributed by atoms with Crippen molar-refractivity contribution in [3.63, 3.8) is 0 Å². The van der Waals surface area contributed by atoms with Gasteiger partial charge < -0.3 is 29.6 Å². The summed E-state index contributed by atoms with van der Waals surface area (Å²) in [5.41, 5.74) is 0. The molecule has 5 N–H and O–H groups in total. The van der Waals surface area contributed by atoms with Gasteiger partial charge in [-0.1, -0.05) is 104 Å². The highest BCUT2D eigenvalue weighted by atomic mass is 31.2. The molecule has 1 unspecified atom stereocenters. The zero-order valence-electron chi connectivity index (χ0n) is 22.5. The van der Waals surface area contributed by atoms with Gasteiger partial charge in [0.05, 0.1) is 20.7 Å². The Morgan fingerprint density at radius 2 is 1.12 bits per heavy atom. The van der Waals surface area contributed by atoms with E-state index in [4.69, 9.17) is 19.2 Å². The lowest BCUT2D eigenvalue weighted by Crippen LogP contribution is -2.58. The molecule has 0 radical (unpaired) electrons. The first-order valence-corrected chi connectivity index (χ1v) is 15.1. The molecular formula is C25H56N2O6P+. The highest BCUT2D eigenvalue weighted by molar-refractivity contribution is 7.45. The number of carbonyl (C=O) groups excluding carboxylic acids is 1. The lowest BCUT2D eigenvalue weighted by Gasteiger charge is -2.37. The molecular weight excluding hydrogens is 455 g/mol. The van der Waals surface area contributed by atoms with Crippen LogP contribution >= 0.6 is 7.82 Å². The Balaban J connectivity index is 0. The first-order valence-electron chi connectivity index (χ1n) is 13.5. The quantitative estimate of drug-likeness (QED) is 0.0621. The third-order valence-corrected chi connectivity index (χ3v) is 6.24. The number of nitrogens with one attached hydrogen (secondary N) is 1. The lowest BCUT2D eigenvalue weighted by molar-refractivity contribution is -0.917.